The number of azo groups is 3. The molecule has 3 N–H and O–H groups in total. The zero-order valence-electron chi connectivity index (χ0n) is 52.5. The molecule has 25 nitrogen and oxygen atoms in total. The molecule has 0 spiro atoms. The van der Waals surface area contributed by atoms with Crippen molar-refractivity contribution >= 4 is 128 Å². The topological polar surface area (TPSA) is 276 Å². The van der Waals surface area contributed by atoms with E-state index in [4.69, 9.17) is 16.2 Å². The number of aryl methyl sites for hydroxylation is 2. The normalized spacial score (nSPS) is 10.1. The number of nitrogens with two attached hydrogens (primary N) is 1. The zero-order chi connectivity index (χ0) is 66.6. The summed E-state index contributed by atoms with van der Waals surface area (Å²) in [7, 11) is 3.70. The number of rotatable bonds is 22. The maximum absolute atomic E-state index is 8.79. The molecule has 0 aliphatic carbocycles. The van der Waals surface area contributed by atoms with Crippen molar-refractivity contribution in [1.29, 1.82) is 5.39 Å². The van der Waals surface area contributed by atoms with E-state index < -0.39 is 0 Å². The highest BCUT2D eigenvalue weighted by atomic mass is 32.1. The van der Waals surface area contributed by atoms with Gasteiger partial charge in [-0.05, 0) is 201 Å². The van der Waals surface area contributed by atoms with Crippen molar-refractivity contribution in [3.63, 3.8) is 0 Å². The van der Waals surface area contributed by atoms with Crippen LogP contribution >= 0.6 is 56.7 Å². The minimum atomic E-state index is 0.211. The number of anilines is 6. The van der Waals surface area contributed by atoms with Crippen LogP contribution in [0, 0.1) is 5.39 Å². The van der Waals surface area contributed by atoms with Gasteiger partial charge in [-0.2, -0.15) is 0 Å². The van der Waals surface area contributed by atoms with Crippen LogP contribution in [0.4, 0.5) is 71.2 Å². The zero-order valence-corrected chi connectivity index (χ0v) is 56.6. The third kappa shape index (κ3) is 27.7. The van der Waals surface area contributed by atoms with Crippen molar-refractivity contribution < 1.29 is 14.5 Å². The van der Waals surface area contributed by atoms with Gasteiger partial charge in [-0.3, -0.25) is 0 Å². The SMILES string of the molecule is C=CN(CC)c1ccc(N=Nc2n[n+](C)cs2)cc1.C=CN(CC)c1ccc(N=Nc2nncs2)cc1.C=CN(CC)c1ccc(N=Nc2scn[n+]2C)cc1.C=CN(CC)c1ccccc1.CCN(CCO)c1ccccc1.N#[N+]c1nncs1.Nc1nncs1. The minimum Gasteiger partial charge on any atom is -0.395 e. The van der Waals surface area contributed by atoms with E-state index in [0.717, 1.165) is 72.0 Å². The third-order valence-electron chi connectivity index (χ3n) is 11.9. The molecule has 30 heteroatoms. The van der Waals surface area contributed by atoms with Crippen molar-refractivity contribution in [2.45, 2.75) is 34.6 Å². The van der Waals surface area contributed by atoms with Crippen molar-refractivity contribution in [2.75, 3.05) is 76.1 Å². The van der Waals surface area contributed by atoms with Gasteiger partial charge in [0.05, 0.1) is 28.5 Å². The van der Waals surface area contributed by atoms with E-state index in [0.29, 0.717) is 27.1 Å². The van der Waals surface area contributed by atoms with Crippen molar-refractivity contribution in [2.24, 2.45) is 44.8 Å². The van der Waals surface area contributed by atoms with Gasteiger partial charge in [-0.1, -0.05) is 95.2 Å². The molecule has 0 bridgehead atoms. The van der Waals surface area contributed by atoms with Crippen molar-refractivity contribution in [3.8, 4) is 0 Å². The number of nitrogen functional groups attached to an aromatic ring is 1. The Morgan fingerprint density at radius 1 is 0.500 bits per heavy atom. The smallest absolute Gasteiger partial charge is 0.395 e. The summed E-state index contributed by atoms with van der Waals surface area (Å²) in [4.78, 5) is 13.2. The molecule has 5 heterocycles. The minimum absolute atomic E-state index is 0.211. The second-order valence-electron chi connectivity index (χ2n) is 17.6. The predicted octanol–water partition coefficient (Wildman–Crippen LogP) is 15.9. The first-order valence-electron chi connectivity index (χ1n) is 28.5. The molecule has 0 saturated carbocycles. The van der Waals surface area contributed by atoms with E-state index in [-0.39, 0.29) is 6.61 Å². The molecular formula is C62H77N24OS5+3. The third-order valence-corrected chi connectivity index (χ3v) is 15.1. The number of nitrogens with zero attached hydrogens (tertiary/aromatic N) is 23. The van der Waals surface area contributed by atoms with Crippen LogP contribution in [0.25, 0.3) is 4.98 Å². The maximum atomic E-state index is 8.79. The number of aliphatic hydroxyl groups is 1. The summed E-state index contributed by atoms with van der Waals surface area (Å²) in [5.74, 6) is 0. The van der Waals surface area contributed by atoms with Gasteiger partial charge in [-0.15, -0.1) is 45.5 Å². The lowest BCUT2D eigenvalue weighted by Crippen LogP contribution is -2.28. The predicted molar refractivity (Wildman–Crippen MR) is 378 cm³/mol. The van der Waals surface area contributed by atoms with Crippen LogP contribution in [-0.2, 0) is 14.1 Å². The molecule has 0 atom stereocenters. The van der Waals surface area contributed by atoms with Gasteiger partial charge in [0.25, 0.3) is 15.8 Å². The van der Waals surface area contributed by atoms with Gasteiger partial charge >= 0.3 is 10.3 Å². The number of diazo groups is 1. The van der Waals surface area contributed by atoms with Gasteiger partial charge in [0.2, 0.25) is 5.13 Å². The summed E-state index contributed by atoms with van der Waals surface area (Å²) in [5.41, 5.74) is 21.5. The second-order valence-corrected chi connectivity index (χ2v) is 21.8. The van der Waals surface area contributed by atoms with Gasteiger partial charge in [0.1, 0.15) is 39.9 Å². The van der Waals surface area contributed by atoms with E-state index in [2.05, 4.69) is 181 Å². The van der Waals surface area contributed by atoms with Gasteiger partial charge in [0, 0.05) is 77.8 Å². The van der Waals surface area contributed by atoms with Crippen molar-refractivity contribution in [1.82, 2.24) is 40.8 Å². The molecule has 5 aromatic carbocycles. The summed E-state index contributed by atoms with van der Waals surface area (Å²) >= 11 is 6.78. The monoisotopic (exact) mass is 1330 g/mol. The van der Waals surface area contributed by atoms with Crippen LogP contribution in [-0.4, -0.2) is 91.8 Å². The van der Waals surface area contributed by atoms with Crippen LogP contribution in [0.1, 0.15) is 34.6 Å². The summed E-state index contributed by atoms with van der Waals surface area (Å²) in [6.07, 6.45) is 7.27. The Labute approximate surface area is 557 Å². The Morgan fingerprint density at radius 2 is 0.935 bits per heavy atom. The molecule has 0 fully saturated rings. The number of benzene rings is 5. The highest BCUT2D eigenvalue weighted by Gasteiger charge is 2.10. The molecule has 0 amide bonds. The van der Waals surface area contributed by atoms with E-state index in [9.17, 15) is 0 Å². The first-order valence-corrected chi connectivity index (χ1v) is 32.9. The quantitative estimate of drug-likeness (QED) is 0.0362. The van der Waals surface area contributed by atoms with Crippen LogP contribution in [0.15, 0.2) is 243 Å². The molecule has 0 aliphatic rings. The van der Waals surface area contributed by atoms with Crippen LogP contribution in [0.2, 0.25) is 0 Å². The number of para-hydroxylation sites is 2. The van der Waals surface area contributed by atoms with E-state index >= 15 is 0 Å². The molecule has 0 radical (unpaired) electrons. The molecule has 5 aromatic heterocycles. The number of hydrogen-bond donors (Lipinski definition) is 2. The van der Waals surface area contributed by atoms with E-state index in [1.54, 1.807) is 32.1 Å². The van der Waals surface area contributed by atoms with Gasteiger partial charge in [-0.25, -0.2) is 0 Å². The second kappa shape index (κ2) is 44.3. The van der Waals surface area contributed by atoms with Gasteiger partial charge in [0.15, 0.2) is 7.05 Å². The molecule has 10 aromatic rings. The molecule has 0 unspecified atom stereocenters. The molecule has 0 aliphatic heterocycles. The molecule has 478 valence electrons. The molecule has 10 rings (SSSR count). The van der Waals surface area contributed by atoms with E-state index in [1.807, 2.05) is 152 Å². The number of aromatic nitrogens is 10. The largest absolute Gasteiger partial charge is 0.548 e. The lowest BCUT2D eigenvalue weighted by molar-refractivity contribution is -0.724. The van der Waals surface area contributed by atoms with Crippen LogP contribution < -0.4 is 39.6 Å². The number of aliphatic hydroxyl groups excluding tert-OH is 1. The Balaban J connectivity index is 0.000000236. The first kappa shape index (κ1) is 74.3. The Kier molecular flexibility index (Phi) is 35.8. The average Bonchev–Trinajstić information content (AvgIpc) is 3.85. The summed E-state index contributed by atoms with van der Waals surface area (Å²) < 4.78 is 3.41. The first-order chi connectivity index (χ1) is 44.9. The lowest BCUT2D eigenvalue weighted by atomic mass is 10.2. The number of hydrogen-bond acceptors (Lipinski definition) is 27. The fourth-order valence-corrected chi connectivity index (χ4v) is 9.38. The highest BCUT2D eigenvalue weighted by Crippen LogP contribution is 2.26. The van der Waals surface area contributed by atoms with Crippen LogP contribution in [0.5, 0.6) is 0 Å². The molecule has 0 saturated heterocycles. The lowest BCUT2D eigenvalue weighted by Gasteiger charge is -2.21. The standard InChI is InChI=1S/2C13H16N5S.C12H13N5S.C10H15NO.C10H13N.C2HN4S.C2H3N3S/c1-4-18(5-2)12-8-6-11(7-9-12)14-15-13-16-17(3)10-19-13;1-4-18(5-2)12-8-6-11(7-9-12)15-16-13-17(3)14-10-19-13;1-3-17(4-2)11-7-5-10(6-8-11)14-16-12-15-13-9-18-12;1-2-11(8-9-12)10-6-4-3-5-7-10;1-3-11(4-2)10-8-6-5-7-9-10;3-5-2-6-4-1-7-2;3-2-5-4-1-6-2/h2*4,6-10H,1,5H2,2-3H3;3,5-9H,1,4H2,2H3;3-7,12H,2,8-9H2,1H3;3,5-9H,1,4H2,2H3;1H;1H,(H2,3,5)/q2*+1;;;;+1;. The Bertz CT molecular complexity index is 3690. The molecular weight excluding hydrogens is 1260 g/mol. The summed E-state index contributed by atoms with van der Waals surface area (Å²) in [6.45, 7) is 31.0. The Morgan fingerprint density at radius 3 is 1.26 bits per heavy atom. The van der Waals surface area contributed by atoms with Gasteiger partial charge < -0.3 is 35.3 Å². The van der Waals surface area contributed by atoms with E-state index in [1.165, 1.54) is 73.6 Å². The number of likely N-dealkylation sites (N-methyl/N-ethyl adjacent to an activating group) is 1. The highest BCUT2D eigenvalue weighted by molar-refractivity contribution is 7.14. The Hall–Kier alpha value is -10.2. The summed E-state index contributed by atoms with van der Waals surface area (Å²) in [6, 6.07) is 43.9. The average molecular weight is 1330 g/mol. The van der Waals surface area contributed by atoms with Crippen LogP contribution in [0.3, 0.4) is 0 Å². The fraction of sp³-hybridized carbons (Fsp3) is 0.226. The fourth-order valence-electron chi connectivity index (χ4n) is 7.26. The summed E-state index contributed by atoms with van der Waals surface area (Å²) in [5, 5.41) is 73.6. The maximum Gasteiger partial charge on any atom is 0.548 e. The van der Waals surface area contributed by atoms with Crippen molar-refractivity contribution in [3.05, 3.63) is 217 Å². The molecule has 92 heavy (non-hydrogen) atoms.